The van der Waals surface area contributed by atoms with E-state index in [4.69, 9.17) is 16.0 Å². The Hall–Kier alpha value is -3.06. The van der Waals surface area contributed by atoms with Gasteiger partial charge in [0.1, 0.15) is 17.9 Å². The molecule has 0 fully saturated rings. The van der Waals surface area contributed by atoms with E-state index >= 15 is 0 Å². The Labute approximate surface area is 152 Å². The number of aromatic nitrogens is 3. The summed E-state index contributed by atoms with van der Waals surface area (Å²) in [7, 11) is 0. The minimum Gasteiger partial charge on any atom is -0.463 e. The molecule has 4 aromatic rings. The average molecular weight is 371 g/mol. The number of carbonyl (C=O) groups is 1. The van der Waals surface area contributed by atoms with Crippen LogP contribution in [-0.2, 0) is 11.3 Å². The maximum Gasteiger partial charge on any atom is 0.291 e. The lowest BCUT2D eigenvalue weighted by Gasteiger charge is -2.14. The SMILES string of the molecule is C[C@@H](C(=O)NCc1ccccc1Cl)n1ncn2c(cc3occc32)c1=O. The molecule has 0 aliphatic heterocycles. The van der Waals surface area contributed by atoms with Gasteiger partial charge in [0.05, 0.1) is 11.8 Å². The minimum atomic E-state index is -0.767. The lowest BCUT2D eigenvalue weighted by Crippen LogP contribution is -2.37. The lowest BCUT2D eigenvalue weighted by atomic mass is 10.2. The zero-order valence-corrected chi connectivity index (χ0v) is 14.6. The van der Waals surface area contributed by atoms with Crippen molar-refractivity contribution < 1.29 is 9.21 Å². The molecule has 3 heterocycles. The van der Waals surface area contributed by atoms with Crippen molar-refractivity contribution in [3.63, 3.8) is 0 Å². The Morgan fingerprint density at radius 2 is 2.12 bits per heavy atom. The van der Waals surface area contributed by atoms with Gasteiger partial charge in [-0.1, -0.05) is 29.8 Å². The van der Waals surface area contributed by atoms with Crippen LogP contribution in [0.25, 0.3) is 16.6 Å². The van der Waals surface area contributed by atoms with E-state index in [1.54, 1.807) is 35.8 Å². The third-order valence-electron chi connectivity index (χ3n) is 4.34. The van der Waals surface area contributed by atoms with E-state index in [1.165, 1.54) is 6.33 Å². The van der Waals surface area contributed by atoms with Crippen LogP contribution in [0.1, 0.15) is 18.5 Å². The fourth-order valence-electron chi connectivity index (χ4n) is 2.87. The molecule has 132 valence electrons. The number of rotatable bonds is 4. The number of fused-ring (bicyclic) bond motifs is 3. The molecule has 1 amide bonds. The number of nitrogens with one attached hydrogen (secondary N) is 1. The van der Waals surface area contributed by atoms with Gasteiger partial charge < -0.3 is 9.73 Å². The number of hydrogen-bond acceptors (Lipinski definition) is 4. The zero-order chi connectivity index (χ0) is 18.3. The summed E-state index contributed by atoms with van der Waals surface area (Å²) in [6.07, 6.45) is 3.06. The Morgan fingerprint density at radius 3 is 2.92 bits per heavy atom. The molecule has 0 saturated carbocycles. The van der Waals surface area contributed by atoms with Crippen molar-refractivity contribution in [3.05, 3.63) is 69.9 Å². The maximum atomic E-state index is 12.7. The molecule has 1 aromatic carbocycles. The fourth-order valence-corrected chi connectivity index (χ4v) is 3.07. The van der Waals surface area contributed by atoms with Crippen LogP contribution in [0, 0.1) is 0 Å². The van der Waals surface area contributed by atoms with Gasteiger partial charge in [0.2, 0.25) is 5.91 Å². The standard InChI is InChI=1S/C18H15ClN4O3/c1-11(17(24)20-9-12-4-2-3-5-13(12)19)23-18(25)15-8-16-14(6-7-26-16)22(15)10-21-23/h2-8,10-11H,9H2,1H3,(H,20,24)/t11-/m0/s1. The molecule has 0 unspecified atom stereocenters. The Kier molecular flexibility index (Phi) is 4.00. The Bertz CT molecular complexity index is 1170. The largest absolute Gasteiger partial charge is 0.463 e. The predicted molar refractivity (Wildman–Crippen MR) is 97.2 cm³/mol. The highest BCUT2D eigenvalue weighted by Gasteiger charge is 2.20. The normalized spacial score (nSPS) is 12.5. The van der Waals surface area contributed by atoms with E-state index in [2.05, 4.69) is 10.4 Å². The highest BCUT2D eigenvalue weighted by molar-refractivity contribution is 6.31. The van der Waals surface area contributed by atoms with Gasteiger partial charge >= 0.3 is 0 Å². The van der Waals surface area contributed by atoms with Gasteiger partial charge in [-0.05, 0) is 18.6 Å². The van der Waals surface area contributed by atoms with Crippen LogP contribution in [0.15, 0.2) is 58.2 Å². The quantitative estimate of drug-likeness (QED) is 0.599. The van der Waals surface area contributed by atoms with Crippen LogP contribution in [0.3, 0.4) is 0 Å². The fraction of sp³-hybridized carbons (Fsp3) is 0.167. The summed E-state index contributed by atoms with van der Waals surface area (Å²) in [5.74, 6) is -0.320. The first-order chi connectivity index (χ1) is 12.6. The Balaban J connectivity index is 1.60. The van der Waals surface area contributed by atoms with Crippen molar-refractivity contribution in [1.82, 2.24) is 19.5 Å². The van der Waals surface area contributed by atoms with Crippen molar-refractivity contribution >= 4 is 34.1 Å². The molecule has 0 aliphatic rings. The number of hydrogen-bond donors (Lipinski definition) is 1. The smallest absolute Gasteiger partial charge is 0.291 e. The molecule has 0 aliphatic carbocycles. The van der Waals surface area contributed by atoms with Crippen molar-refractivity contribution in [2.75, 3.05) is 0 Å². The third kappa shape index (κ3) is 2.66. The lowest BCUT2D eigenvalue weighted by molar-refractivity contribution is -0.124. The Morgan fingerprint density at radius 1 is 1.31 bits per heavy atom. The van der Waals surface area contributed by atoms with Gasteiger partial charge in [-0.3, -0.25) is 14.0 Å². The molecule has 1 N–H and O–H groups in total. The number of amides is 1. The van der Waals surface area contributed by atoms with Crippen molar-refractivity contribution in [2.24, 2.45) is 0 Å². The molecular weight excluding hydrogens is 356 g/mol. The molecule has 3 aromatic heterocycles. The second-order valence-electron chi connectivity index (χ2n) is 5.94. The minimum absolute atomic E-state index is 0.276. The molecule has 0 saturated heterocycles. The van der Waals surface area contributed by atoms with Crippen LogP contribution in [0.4, 0.5) is 0 Å². The van der Waals surface area contributed by atoms with Crippen molar-refractivity contribution in [3.8, 4) is 0 Å². The average Bonchev–Trinajstić information content (AvgIpc) is 3.22. The number of halogens is 1. The summed E-state index contributed by atoms with van der Waals surface area (Å²) in [6, 6.07) is 9.89. The van der Waals surface area contributed by atoms with Gasteiger partial charge in [0.25, 0.3) is 5.56 Å². The van der Waals surface area contributed by atoms with Gasteiger partial charge in [-0.25, -0.2) is 4.68 Å². The van der Waals surface area contributed by atoms with Crippen LogP contribution in [0.2, 0.25) is 5.02 Å². The van der Waals surface area contributed by atoms with Gasteiger partial charge in [-0.2, -0.15) is 5.10 Å². The summed E-state index contributed by atoms with van der Waals surface area (Å²) in [5.41, 5.74) is 2.20. The summed E-state index contributed by atoms with van der Waals surface area (Å²) in [5, 5.41) is 7.50. The molecular formula is C18H15ClN4O3. The van der Waals surface area contributed by atoms with E-state index < -0.39 is 6.04 Å². The first-order valence-corrected chi connectivity index (χ1v) is 8.41. The first kappa shape index (κ1) is 16.4. The molecule has 0 radical (unpaired) electrons. The molecule has 7 nitrogen and oxygen atoms in total. The monoisotopic (exact) mass is 370 g/mol. The number of furan rings is 1. The summed E-state index contributed by atoms with van der Waals surface area (Å²) >= 11 is 6.09. The molecule has 8 heteroatoms. The van der Waals surface area contributed by atoms with E-state index in [0.717, 1.165) is 15.8 Å². The number of nitrogens with zero attached hydrogens (tertiary/aromatic N) is 3. The van der Waals surface area contributed by atoms with Crippen LogP contribution in [0.5, 0.6) is 0 Å². The number of benzene rings is 1. The van der Waals surface area contributed by atoms with E-state index in [-0.39, 0.29) is 18.0 Å². The second kappa shape index (κ2) is 6.34. The van der Waals surface area contributed by atoms with Crippen LogP contribution < -0.4 is 10.9 Å². The molecule has 4 rings (SSSR count). The predicted octanol–water partition coefficient (Wildman–Crippen LogP) is 2.77. The van der Waals surface area contributed by atoms with Crippen molar-refractivity contribution in [1.29, 1.82) is 0 Å². The van der Waals surface area contributed by atoms with E-state index in [1.807, 2.05) is 18.2 Å². The molecule has 0 bridgehead atoms. The molecule has 0 spiro atoms. The summed E-state index contributed by atoms with van der Waals surface area (Å²) < 4.78 is 8.12. The van der Waals surface area contributed by atoms with Gasteiger partial charge in [0, 0.05) is 23.7 Å². The molecule has 26 heavy (non-hydrogen) atoms. The van der Waals surface area contributed by atoms with Crippen molar-refractivity contribution in [2.45, 2.75) is 19.5 Å². The number of carbonyl (C=O) groups excluding carboxylic acids is 1. The first-order valence-electron chi connectivity index (χ1n) is 8.03. The summed E-state index contributed by atoms with van der Waals surface area (Å²) in [4.78, 5) is 25.2. The second-order valence-corrected chi connectivity index (χ2v) is 6.34. The van der Waals surface area contributed by atoms with E-state index in [9.17, 15) is 9.59 Å². The highest BCUT2D eigenvalue weighted by atomic mass is 35.5. The highest BCUT2D eigenvalue weighted by Crippen LogP contribution is 2.19. The van der Waals surface area contributed by atoms with Gasteiger partial charge in [-0.15, -0.1) is 0 Å². The summed E-state index contributed by atoms with van der Waals surface area (Å²) in [6.45, 7) is 1.90. The van der Waals surface area contributed by atoms with Crippen LogP contribution >= 0.6 is 11.6 Å². The maximum absolute atomic E-state index is 12.7. The molecule has 1 atom stereocenters. The van der Waals surface area contributed by atoms with Crippen LogP contribution in [-0.4, -0.2) is 20.1 Å². The zero-order valence-electron chi connectivity index (χ0n) is 13.8. The van der Waals surface area contributed by atoms with Gasteiger partial charge in [0.15, 0.2) is 5.58 Å². The topological polar surface area (TPSA) is 81.5 Å². The third-order valence-corrected chi connectivity index (χ3v) is 4.70. The van der Waals surface area contributed by atoms with E-state index in [0.29, 0.717) is 16.1 Å².